The first kappa shape index (κ1) is 21.8. The zero-order valence-electron chi connectivity index (χ0n) is 17.4. The summed E-state index contributed by atoms with van der Waals surface area (Å²) in [6.45, 7) is 7.40. The number of imidazole rings is 1. The number of hydrogen-bond acceptors (Lipinski definition) is 5. The van der Waals surface area contributed by atoms with Gasteiger partial charge in [-0.2, -0.15) is 0 Å². The van der Waals surface area contributed by atoms with Crippen molar-refractivity contribution in [3.63, 3.8) is 0 Å². The van der Waals surface area contributed by atoms with Gasteiger partial charge in [0.1, 0.15) is 4.21 Å². The van der Waals surface area contributed by atoms with Crippen molar-refractivity contribution in [3.8, 4) is 0 Å². The lowest BCUT2D eigenvalue weighted by molar-refractivity contribution is 0.189. The van der Waals surface area contributed by atoms with E-state index in [1.165, 1.54) is 15.6 Å². The Kier molecular flexibility index (Phi) is 6.97. The van der Waals surface area contributed by atoms with E-state index >= 15 is 0 Å². The highest BCUT2D eigenvalue weighted by Crippen LogP contribution is 2.28. The maximum atomic E-state index is 12.3. The van der Waals surface area contributed by atoms with Crippen LogP contribution in [-0.4, -0.2) is 66.9 Å². The Bertz CT molecular complexity index is 920. The summed E-state index contributed by atoms with van der Waals surface area (Å²) in [6.07, 6.45) is 6.80. The first-order chi connectivity index (χ1) is 13.8. The van der Waals surface area contributed by atoms with Crippen molar-refractivity contribution in [2.75, 3.05) is 33.7 Å². The highest BCUT2D eigenvalue weighted by molar-refractivity contribution is 7.91. The Labute approximate surface area is 177 Å². The van der Waals surface area contributed by atoms with E-state index in [0.29, 0.717) is 22.7 Å². The molecule has 160 valence electrons. The number of nitrogens with one attached hydrogen (secondary N) is 1. The lowest BCUT2D eigenvalue weighted by atomic mass is 9.93. The molecule has 0 spiro atoms. The molecule has 2 aromatic rings. The molecule has 10 heteroatoms. The van der Waals surface area contributed by atoms with Gasteiger partial charge in [-0.05, 0) is 31.4 Å². The molecule has 8 nitrogen and oxygen atoms in total. The molecule has 1 saturated heterocycles. The van der Waals surface area contributed by atoms with Gasteiger partial charge in [0.25, 0.3) is 10.0 Å². The fourth-order valence-corrected chi connectivity index (χ4v) is 5.88. The number of rotatable bonds is 6. The number of hydrogen-bond donors (Lipinski definition) is 1. The molecule has 0 bridgehead atoms. The smallest absolute Gasteiger partial charge is 0.252 e. The average molecular weight is 439 g/mol. The van der Waals surface area contributed by atoms with Gasteiger partial charge in [-0.1, -0.05) is 6.92 Å². The van der Waals surface area contributed by atoms with Gasteiger partial charge in [0, 0.05) is 51.0 Å². The quantitative estimate of drug-likeness (QED) is 0.552. The number of aliphatic imine (C=N–C) groups is 1. The van der Waals surface area contributed by atoms with Crippen molar-refractivity contribution in [1.82, 2.24) is 24.1 Å². The van der Waals surface area contributed by atoms with Crippen LogP contribution >= 0.6 is 11.3 Å². The molecule has 0 aliphatic carbocycles. The number of sulfonamides is 1. The Morgan fingerprint density at radius 2 is 2.21 bits per heavy atom. The fourth-order valence-electron chi connectivity index (χ4n) is 3.44. The number of likely N-dealkylation sites (tertiary alicyclic amines) is 1. The van der Waals surface area contributed by atoms with Crippen LogP contribution in [0.4, 0.5) is 0 Å². The Morgan fingerprint density at radius 3 is 2.86 bits per heavy atom. The lowest BCUT2D eigenvalue weighted by Crippen LogP contribution is -2.49. The summed E-state index contributed by atoms with van der Waals surface area (Å²) in [5, 5.41) is 3.39. The molecular weight excluding hydrogens is 408 g/mol. The van der Waals surface area contributed by atoms with E-state index in [9.17, 15) is 8.42 Å². The van der Waals surface area contributed by atoms with Gasteiger partial charge in [0.2, 0.25) is 0 Å². The molecule has 29 heavy (non-hydrogen) atoms. The number of aromatic nitrogens is 2. The summed E-state index contributed by atoms with van der Waals surface area (Å²) in [5.41, 5.74) is 0. The second-order valence-corrected chi connectivity index (χ2v) is 11.0. The van der Waals surface area contributed by atoms with Crippen molar-refractivity contribution < 1.29 is 8.42 Å². The standard InChI is InChI=1S/C19H30N6O2S2/c1-5-21-19(22-12-16-6-7-18(28-16)29(26,27)23(3)4)24-10-8-15(2)17(13-24)25-11-9-20-14-25/h6-7,9,11,14-15,17H,5,8,10,12-13H2,1-4H3,(H,21,22). The molecule has 2 unspecified atom stereocenters. The van der Waals surface area contributed by atoms with Crippen LogP contribution in [0, 0.1) is 5.92 Å². The summed E-state index contributed by atoms with van der Waals surface area (Å²) in [6, 6.07) is 3.87. The zero-order chi connectivity index (χ0) is 21.0. The van der Waals surface area contributed by atoms with Crippen molar-refractivity contribution in [2.24, 2.45) is 10.9 Å². The number of piperidine rings is 1. The molecule has 1 N–H and O–H groups in total. The van der Waals surface area contributed by atoms with Gasteiger partial charge in [-0.15, -0.1) is 11.3 Å². The van der Waals surface area contributed by atoms with Crippen molar-refractivity contribution in [2.45, 2.75) is 37.1 Å². The molecule has 2 atom stereocenters. The molecule has 0 amide bonds. The molecule has 3 heterocycles. The van der Waals surface area contributed by atoms with Crippen molar-refractivity contribution in [3.05, 3.63) is 35.7 Å². The van der Waals surface area contributed by atoms with E-state index in [2.05, 4.69) is 33.6 Å². The molecule has 1 aliphatic heterocycles. The number of guanidine groups is 1. The average Bonchev–Trinajstić information content (AvgIpc) is 3.38. The highest BCUT2D eigenvalue weighted by atomic mass is 32.2. The largest absolute Gasteiger partial charge is 0.357 e. The van der Waals surface area contributed by atoms with E-state index in [1.807, 2.05) is 24.8 Å². The number of thiophene rings is 1. The van der Waals surface area contributed by atoms with Crippen LogP contribution in [0.25, 0.3) is 0 Å². The second-order valence-electron chi connectivity index (χ2n) is 7.47. The maximum absolute atomic E-state index is 12.3. The van der Waals surface area contributed by atoms with Crippen LogP contribution in [-0.2, 0) is 16.6 Å². The van der Waals surface area contributed by atoms with Crippen LogP contribution in [0.1, 0.15) is 31.2 Å². The SMILES string of the molecule is CCNC(=NCc1ccc(S(=O)(=O)N(C)C)s1)N1CCC(C)C(n2ccnc2)C1. The lowest BCUT2D eigenvalue weighted by Gasteiger charge is -2.39. The van der Waals surface area contributed by atoms with Crippen LogP contribution in [0.3, 0.4) is 0 Å². The summed E-state index contributed by atoms with van der Waals surface area (Å²) in [5.74, 6) is 1.44. The van der Waals surface area contributed by atoms with Gasteiger partial charge in [-0.3, -0.25) is 0 Å². The highest BCUT2D eigenvalue weighted by Gasteiger charge is 2.29. The third-order valence-electron chi connectivity index (χ3n) is 5.22. The first-order valence-corrected chi connectivity index (χ1v) is 12.1. The minimum absolute atomic E-state index is 0.352. The van der Waals surface area contributed by atoms with Crippen LogP contribution < -0.4 is 5.32 Å². The molecular formula is C19H30N6O2S2. The molecule has 0 radical (unpaired) electrons. The molecule has 0 aromatic carbocycles. The van der Waals surface area contributed by atoms with E-state index in [0.717, 1.165) is 36.9 Å². The molecule has 0 saturated carbocycles. The van der Waals surface area contributed by atoms with Crippen LogP contribution in [0.5, 0.6) is 0 Å². The van der Waals surface area contributed by atoms with Crippen molar-refractivity contribution in [1.29, 1.82) is 0 Å². The van der Waals surface area contributed by atoms with E-state index in [4.69, 9.17) is 4.99 Å². The molecule has 3 rings (SSSR count). The normalized spacial score (nSPS) is 21.0. The van der Waals surface area contributed by atoms with Crippen LogP contribution in [0.15, 0.2) is 40.1 Å². The monoisotopic (exact) mass is 438 g/mol. The summed E-state index contributed by atoms with van der Waals surface area (Å²) < 4.78 is 28.3. The molecule has 2 aromatic heterocycles. The zero-order valence-corrected chi connectivity index (χ0v) is 19.1. The minimum Gasteiger partial charge on any atom is -0.357 e. The third kappa shape index (κ3) is 4.99. The Balaban J connectivity index is 1.74. The van der Waals surface area contributed by atoms with Gasteiger partial charge in [0.05, 0.1) is 18.9 Å². The molecule has 1 aliphatic rings. The third-order valence-corrected chi connectivity index (χ3v) is 8.57. The predicted molar refractivity (Wildman–Crippen MR) is 117 cm³/mol. The summed E-state index contributed by atoms with van der Waals surface area (Å²) >= 11 is 1.28. The maximum Gasteiger partial charge on any atom is 0.252 e. The Morgan fingerprint density at radius 1 is 1.41 bits per heavy atom. The molecule has 1 fully saturated rings. The van der Waals surface area contributed by atoms with E-state index < -0.39 is 10.0 Å². The van der Waals surface area contributed by atoms with Gasteiger partial charge in [-0.25, -0.2) is 22.7 Å². The summed E-state index contributed by atoms with van der Waals surface area (Å²) in [4.78, 5) is 12.2. The van der Waals surface area contributed by atoms with Crippen molar-refractivity contribution >= 4 is 27.3 Å². The summed E-state index contributed by atoms with van der Waals surface area (Å²) in [7, 11) is -0.304. The topological polar surface area (TPSA) is 82.8 Å². The predicted octanol–water partition coefficient (Wildman–Crippen LogP) is 2.24. The van der Waals surface area contributed by atoms with Gasteiger partial charge in [0.15, 0.2) is 5.96 Å². The van der Waals surface area contributed by atoms with Gasteiger partial charge < -0.3 is 14.8 Å². The second kappa shape index (κ2) is 9.27. The van der Waals surface area contributed by atoms with Crippen LogP contribution in [0.2, 0.25) is 0 Å². The van der Waals surface area contributed by atoms with E-state index in [-0.39, 0.29) is 0 Å². The van der Waals surface area contributed by atoms with E-state index in [1.54, 1.807) is 20.2 Å². The first-order valence-electron chi connectivity index (χ1n) is 9.85. The fraction of sp³-hybridized carbons (Fsp3) is 0.579. The Hall–Kier alpha value is -1.91. The number of nitrogens with zero attached hydrogens (tertiary/aromatic N) is 5. The minimum atomic E-state index is -3.40. The van der Waals surface area contributed by atoms with Gasteiger partial charge >= 0.3 is 0 Å².